The maximum absolute atomic E-state index is 11.8. The SMILES string of the molecule is CC(C)NC(=O)C(C)Nc1nccn2cnnc12. The third kappa shape index (κ3) is 2.55. The van der Waals surface area contributed by atoms with Crippen molar-refractivity contribution < 1.29 is 4.79 Å². The summed E-state index contributed by atoms with van der Waals surface area (Å²) in [5.74, 6) is 0.467. The molecule has 7 nitrogen and oxygen atoms in total. The Morgan fingerprint density at radius 1 is 1.39 bits per heavy atom. The van der Waals surface area contributed by atoms with E-state index in [-0.39, 0.29) is 18.0 Å². The Bertz CT molecular complexity index is 549. The molecule has 0 aliphatic rings. The van der Waals surface area contributed by atoms with Crippen LogP contribution < -0.4 is 10.6 Å². The lowest BCUT2D eigenvalue weighted by Crippen LogP contribution is -2.41. The van der Waals surface area contributed by atoms with Crippen molar-refractivity contribution in [1.29, 1.82) is 0 Å². The Kier molecular flexibility index (Phi) is 3.40. The van der Waals surface area contributed by atoms with E-state index >= 15 is 0 Å². The number of aromatic nitrogens is 4. The summed E-state index contributed by atoms with van der Waals surface area (Å²) in [7, 11) is 0. The number of amides is 1. The predicted molar refractivity (Wildman–Crippen MR) is 67.1 cm³/mol. The monoisotopic (exact) mass is 248 g/mol. The van der Waals surface area contributed by atoms with Crippen molar-refractivity contribution in [2.75, 3.05) is 5.32 Å². The molecule has 2 aromatic rings. The predicted octanol–water partition coefficient (Wildman–Crippen LogP) is 0.449. The van der Waals surface area contributed by atoms with Crippen LogP contribution in [0.2, 0.25) is 0 Å². The van der Waals surface area contributed by atoms with E-state index in [9.17, 15) is 4.79 Å². The van der Waals surface area contributed by atoms with Crippen LogP contribution in [0.5, 0.6) is 0 Å². The highest BCUT2D eigenvalue weighted by Gasteiger charge is 2.15. The maximum Gasteiger partial charge on any atom is 0.242 e. The van der Waals surface area contributed by atoms with Crippen LogP contribution in [-0.4, -0.2) is 37.6 Å². The van der Waals surface area contributed by atoms with Crippen molar-refractivity contribution in [3.63, 3.8) is 0 Å². The van der Waals surface area contributed by atoms with E-state index < -0.39 is 0 Å². The molecule has 7 heteroatoms. The lowest BCUT2D eigenvalue weighted by Gasteiger charge is -2.16. The van der Waals surface area contributed by atoms with E-state index in [1.54, 1.807) is 30.0 Å². The number of fused-ring (bicyclic) bond motifs is 1. The van der Waals surface area contributed by atoms with Crippen LogP contribution in [0, 0.1) is 0 Å². The quantitative estimate of drug-likeness (QED) is 0.820. The fourth-order valence-corrected chi connectivity index (χ4v) is 1.54. The van der Waals surface area contributed by atoms with Gasteiger partial charge in [-0.25, -0.2) is 4.98 Å². The Morgan fingerprint density at radius 3 is 2.89 bits per heavy atom. The number of carbonyl (C=O) groups excluding carboxylic acids is 1. The molecule has 1 atom stereocenters. The van der Waals surface area contributed by atoms with Gasteiger partial charge >= 0.3 is 0 Å². The zero-order valence-electron chi connectivity index (χ0n) is 10.6. The van der Waals surface area contributed by atoms with E-state index in [2.05, 4.69) is 25.8 Å². The second-order valence-corrected chi connectivity index (χ2v) is 4.37. The number of rotatable bonds is 4. The molecular formula is C11H16N6O. The molecule has 1 unspecified atom stereocenters. The average molecular weight is 248 g/mol. The zero-order valence-corrected chi connectivity index (χ0v) is 10.6. The Hall–Kier alpha value is -2.18. The summed E-state index contributed by atoms with van der Waals surface area (Å²) in [6.45, 7) is 5.61. The van der Waals surface area contributed by atoms with Crippen LogP contribution in [0.3, 0.4) is 0 Å². The van der Waals surface area contributed by atoms with Crippen LogP contribution in [-0.2, 0) is 4.79 Å². The van der Waals surface area contributed by atoms with Gasteiger partial charge in [-0.15, -0.1) is 10.2 Å². The molecule has 96 valence electrons. The number of hydrogen-bond donors (Lipinski definition) is 2. The Morgan fingerprint density at radius 2 is 2.17 bits per heavy atom. The van der Waals surface area contributed by atoms with Gasteiger partial charge in [0.05, 0.1) is 0 Å². The van der Waals surface area contributed by atoms with E-state index in [0.29, 0.717) is 11.5 Å². The van der Waals surface area contributed by atoms with Gasteiger partial charge in [0.1, 0.15) is 12.4 Å². The first-order chi connectivity index (χ1) is 8.58. The Labute approximate surface area is 105 Å². The van der Waals surface area contributed by atoms with Crippen molar-refractivity contribution in [3.8, 4) is 0 Å². The molecule has 2 rings (SSSR count). The molecule has 0 aliphatic carbocycles. The van der Waals surface area contributed by atoms with E-state index in [4.69, 9.17) is 0 Å². The molecule has 18 heavy (non-hydrogen) atoms. The minimum absolute atomic E-state index is 0.0756. The van der Waals surface area contributed by atoms with Gasteiger partial charge in [0.2, 0.25) is 11.6 Å². The normalized spacial score (nSPS) is 12.7. The second kappa shape index (κ2) is 4.99. The van der Waals surface area contributed by atoms with E-state index in [0.717, 1.165) is 0 Å². The smallest absolute Gasteiger partial charge is 0.242 e. The van der Waals surface area contributed by atoms with Crippen molar-refractivity contribution in [2.45, 2.75) is 32.9 Å². The molecule has 0 aliphatic heterocycles. The number of nitrogens with one attached hydrogen (secondary N) is 2. The minimum Gasteiger partial charge on any atom is -0.355 e. The van der Waals surface area contributed by atoms with Crippen molar-refractivity contribution in [2.24, 2.45) is 0 Å². The summed E-state index contributed by atoms with van der Waals surface area (Å²) in [5, 5.41) is 13.6. The molecular weight excluding hydrogens is 232 g/mol. The van der Waals surface area contributed by atoms with Gasteiger partial charge in [0.15, 0.2) is 5.82 Å². The fourth-order valence-electron chi connectivity index (χ4n) is 1.54. The first-order valence-corrected chi connectivity index (χ1v) is 5.79. The summed E-state index contributed by atoms with van der Waals surface area (Å²) in [6, 6.07) is -0.276. The molecule has 2 heterocycles. The molecule has 0 spiro atoms. The highest BCUT2D eigenvalue weighted by atomic mass is 16.2. The van der Waals surface area contributed by atoms with Crippen LogP contribution in [0.4, 0.5) is 5.82 Å². The van der Waals surface area contributed by atoms with Gasteiger partial charge in [-0.1, -0.05) is 0 Å². The number of carbonyl (C=O) groups is 1. The van der Waals surface area contributed by atoms with Crippen molar-refractivity contribution in [1.82, 2.24) is 24.9 Å². The molecule has 2 aromatic heterocycles. The van der Waals surface area contributed by atoms with Crippen LogP contribution in [0.25, 0.3) is 5.65 Å². The third-order valence-electron chi connectivity index (χ3n) is 2.39. The molecule has 0 saturated heterocycles. The summed E-state index contributed by atoms with van der Waals surface area (Å²) in [5.41, 5.74) is 0.599. The number of anilines is 1. The minimum atomic E-state index is -0.386. The largest absolute Gasteiger partial charge is 0.355 e. The van der Waals surface area contributed by atoms with Crippen LogP contribution in [0.1, 0.15) is 20.8 Å². The average Bonchev–Trinajstić information content (AvgIpc) is 2.77. The van der Waals surface area contributed by atoms with Gasteiger partial charge in [0, 0.05) is 18.4 Å². The lowest BCUT2D eigenvalue weighted by molar-refractivity contribution is -0.122. The Balaban J connectivity index is 2.13. The first-order valence-electron chi connectivity index (χ1n) is 5.79. The molecule has 0 fully saturated rings. The summed E-state index contributed by atoms with van der Waals surface area (Å²) in [6.07, 6.45) is 4.96. The summed E-state index contributed by atoms with van der Waals surface area (Å²) < 4.78 is 1.74. The highest BCUT2D eigenvalue weighted by Crippen LogP contribution is 2.10. The first kappa shape index (κ1) is 12.3. The number of hydrogen-bond acceptors (Lipinski definition) is 5. The molecule has 1 amide bonds. The van der Waals surface area contributed by atoms with Gasteiger partial charge < -0.3 is 10.6 Å². The highest BCUT2D eigenvalue weighted by molar-refractivity contribution is 5.85. The van der Waals surface area contributed by atoms with Crippen molar-refractivity contribution >= 4 is 17.4 Å². The standard InChI is InChI=1S/C11H16N6O/c1-7(2)14-11(18)8(3)15-9-10-16-13-6-17(10)5-4-12-9/h4-8H,1-3H3,(H,12,15)(H,14,18). The topological polar surface area (TPSA) is 84.2 Å². The summed E-state index contributed by atoms with van der Waals surface area (Å²) >= 11 is 0. The third-order valence-corrected chi connectivity index (χ3v) is 2.39. The van der Waals surface area contributed by atoms with Gasteiger partial charge in [0.25, 0.3) is 0 Å². The summed E-state index contributed by atoms with van der Waals surface area (Å²) in [4.78, 5) is 16.0. The van der Waals surface area contributed by atoms with Gasteiger partial charge in [-0.2, -0.15) is 0 Å². The molecule has 2 N–H and O–H groups in total. The molecule has 0 bridgehead atoms. The van der Waals surface area contributed by atoms with E-state index in [1.807, 2.05) is 13.8 Å². The second-order valence-electron chi connectivity index (χ2n) is 4.37. The zero-order chi connectivity index (χ0) is 13.1. The van der Waals surface area contributed by atoms with Crippen LogP contribution in [0.15, 0.2) is 18.7 Å². The van der Waals surface area contributed by atoms with Crippen LogP contribution >= 0.6 is 0 Å². The molecule has 0 saturated carbocycles. The molecule has 0 radical (unpaired) electrons. The van der Waals surface area contributed by atoms with E-state index in [1.165, 1.54) is 0 Å². The maximum atomic E-state index is 11.8. The van der Waals surface area contributed by atoms with Crippen molar-refractivity contribution in [3.05, 3.63) is 18.7 Å². The van der Waals surface area contributed by atoms with Gasteiger partial charge in [-0.3, -0.25) is 9.20 Å². The van der Waals surface area contributed by atoms with Gasteiger partial charge in [-0.05, 0) is 20.8 Å². The number of nitrogens with zero attached hydrogens (tertiary/aromatic N) is 4. The lowest BCUT2D eigenvalue weighted by atomic mass is 10.3. The molecule has 0 aromatic carbocycles. The fraction of sp³-hybridized carbons (Fsp3) is 0.455.